The Hall–Kier alpha value is -1.42. The van der Waals surface area contributed by atoms with E-state index in [2.05, 4.69) is 24.1 Å². The summed E-state index contributed by atoms with van der Waals surface area (Å²) in [6.07, 6.45) is 6.19. The maximum atomic E-state index is 12.0. The van der Waals surface area contributed by atoms with Crippen LogP contribution >= 0.6 is 0 Å². The fourth-order valence-corrected chi connectivity index (χ4v) is 1.99. The summed E-state index contributed by atoms with van der Waals surface area (Å²) in [5.41, 5.74) is 1.20. The van der Waals surface area contributed by atoms with Crippen molar-refractivity contribution in [3.63, 3.8) is 0 Å². The number of carbonyl (C=O) groups is 1. The van der Waals surface area contributed by atoms with Gasteiger partial charge in [0.15, 0.2) is 0 Å². The zero-order chi connectivity index (χ0) is 13.9. The monoisotopic (exact) mass is 263 g/mol. The number of nitrogens with zero attached hydrogens (tertiary/aromatic N) is 2. The van der Waals surface area contributed by atoms with E-state index in [0.717, 1.165) is 39.0 Å². The highest BCUT2D eigenvalue weighted by molar-refractivity contribution is 5.76. The molecule has 0 aliphatic carbocycles. The molecule has 0 aromatic carbocycles. The Bertz CT molecular complexity index is 348. The first-order valence-electron chi connectivity index (χ1n) is 7.15. The number of rotatable bonds is 9. The van der Waals surface area contributed by atoms with Crippen molar-refractivity contribution in [3.8, 4) is 0 Å². The summed E-state index contributed by atoms with van der Waals surface area (Å²) in [6.45, 7) is 7.48. The molecule has 1 aromatic heterocycles. The predicted molar refractivity (Wildman–Crippen MR) is 77.7 cm³/mol. The maximum Gasteiger partial charge on any atom is 0.223 e. The molecule has 4 heteroatoms. The summed E-state index contributed by atoms with van der Waals surface area (Å²) >= 11 is 0. The van der Waals surface area contributed by atoms with Crippen molar-refractivity contribution in [3.05, 3.63) is 30.1 Å². The van der Waals surface area contributed by atoms with Gasteiger partial charge in [-0.25, -0.2) is 0 Å². The van der Waals surface area contributed by atoms with Crippen molar-refractivity contribution in [2.45, 2.75) is 39.7 Å². The van der Waals surface area contributed by atoms with Crippen LogP contribution in [0.15, 0.2) is 24.5 Å². The van der Waals surface area contributed by atoms with E-state index >= 15 is 0 Å². The smallest absolute Gasteiger partial charge is 0.223 e. The Kier molecular flexibility index (Phi) is 7.82. The number of nitrogens with one attached hydrogen (secondary N) is 1. The Morgan fingerprint density at radius 2 is 1.84 bits per heavy atom. The van der Waals surface area contributed by atoms with E-state index in [4.69, 9.17) is 0 Å². The van der Waals surface area contributed by atoms with Crippen LogP contribution in [0.2, 0.25) is 0 Å². The molecular weight excluding hydrogens is 238 g/mol. The van der Waals surface area contributed by atoms with Crippen LogP contribution in [-0.2, 0) is 11.3 Å². The van der Waals surface area contributed by atoms with Crippen molar-refractivity contribution in [2.75, 3.05) is 19.6 Å². The lowest BCUT2D eigenvalue weighted by atomic mass is 10.2. The largest absolute Gasteiger partial charge is 0.343 e. The molecule has 0 aliphatic rings. The molecule has 0 radical (unpaired) electrons. The van der Waals surface area contributed by atoms with Gasteiger partial charge in [-0.3, -0.25) is 9.78 Å². The van der Waals surface area contributed by atoms with E-state index in [1.807, 2.05) is 17.0 Å². The fraction of sp³-hybridized carbons (Fsp3) is 0.600. The second-order valence-electron chi connectivity index (χ2n) is 4.66. The van der Waals surface area contributed by atoms with Gasteiger partial charge in [0.2, 0.25) is 5.91 Å². The molecular formula is C15H25N3O. The topological polar surface area (TPSA) is 45.2 Å². The van der Waals surface area contributed by atoms with Gasteiger partial charge in [-0.15, -0.1) is 0 Å². The van der Waals surface area contributed by atoms with Gasteiger partial charge in [-0.05, 0) is 30.5 Å². The van der Waals surface area contributed by atoms with E-state index in [-0.39, 0.29) is 5.91 Å². The van der Waals surface area contributed by atoms with E-state index in [1.54, 1.807) is 12.4 Å². The highest BCUT2D eigenvalue weighted by Gasteiger charge is 2.10. The lowest BCUT2D eigenvalue weighted by Gasteiger charge is -2.21. The number of amides is 1. The zero-order valence-electron chi connectivity index (χ0n) is 12.1. The maximum absolute atomic E-state index is 12.0. The third kappa shape index (κ3) is 6.34. The van der Waals surface area contributed by atoms with Gasteiger partial charge in [0.25, 0.3) is 0 Å². The Morgan fingerprint density at radius 1 is 1.21 bits per heavy atom. The summed E-state index contributed by atoms with van der Waals surface area (Å²) in [7, 11) is 0. The van der Waals surface area contributed by atoms with Crippen LogP contribution in [0.1, 0.15) is 38.7 Å². The molecule has 1 aromatic rings. The van der Waals surface area contributed by atoms with Crippen LogP contribution in [0.3, 0.4) is 0 Å². The van der Waals surface area contributed by atoms with Gasteiger partial charge in [-0.2, -0.15) is 0 Å². The minimum Gasteiger partial charge on any atom is -0.343 e. The summed E-state index contributed by atoms with van der Waals surface area (Å²) in [4.78, 5) is 18.0. The summed E-state index contributed by atoms with van der Waals surface area (Å²) < 4.78 is 0. The quantitative estimate of drug-likeness (QED) is 0.695. The SMILES string of the molecule is CCCN(CCC)C(=O)CCNCc1ccncc1. The van der Waals surface area contributed by atoms with Crippen molar-refractivity contribution < 1.29 is 4.79 Å². The van der Waals surface area contributed by atoms with Crippen molar-refractivity contribution >= 4 is 5.91 Å². The number of carbonyl (C=O) groups excluding carboxylic acids is 1. The molecule has 0 aliphatic heterocycles. The summed E-state index contributed by atoms with van der Waals surface area (Å²) in [5.74, 6) is 0.255. The van der Waals surface area contributed by atoms with Crippen LogP contribution in [0.25, 0.3) is 0 Å². The molecule has 0 unspecified atom stereocenters. The number of hydrogen-bond donors (Lipinski definition) is 1. The molecule has 106 valence electrons. The molecule has 19 heavy (non-hydrogen) atoms. The van der Waals surface area contributed by atoms with Crippen molar-refractivity contribution in [1.82, 2.24) is 15.2 Å². The van der Waals surface area contributed by atoms with Crippen molar-refractivity contribution in [1.29, 1.82) is 0 Å². The average molecular weight is 263 g/mol. The van der Waals surface area contributed by atoms with Crippen LogP contribution in [-0.4, -0.2) is 35.4 Å². The molecule has 0 saturated heterocycles. The number of hydrogen-bond acceptors (Lipinski definition) is 3. The normalized spacial score (nSPS) is 10.4. The first-order valence-corrected chi connectivity index (χ1v) is 7.15. The second kappa shape index (κ2) is 9.50. The summed E-state index contributed by atoms with van der Waals surface area (Å²) in [6, 6.07) is 3.96. The number of pyridine rings is 1. The molecule has 0 atom stereocenters. The lowest BCUT2D eigenvalue weighted by Crippen LogP contribution is -2.34. The van der Waals surface area contributed by atoms with Crippen LogP contribution < -0.4 is 5.32 Å². The Balaban J connectivity index is 2.22. The fourth-order valence-electron chi connectivity index (χ4n) is 1.99. The third-order valence-electron chi connectivity index (χ3n) is 2.93. The average Bonchev–Trinajstić information content (AvgIpc) is 2.44. The minimum atomic E-state index is 0.255. The zero-order valence-corrected chi connectivity index (χ0v) is 12.1. The standard InChI is InChI=1S/C15H25N3O/c1-3-11-18(12-4-2)15(19)7-10-17-13-14-5-8-16-9-6-14/h5-6,8-9,17H,3-4,7,10-13H2,1-2H3. The lowest BCUT2D eigenvalue weighted by molar-refractivity contribution is -0.131. The second-order valence-corrected chi connectivity index (χ2v) is 4.66. The van der Waals surface area contributed by atoms with Gasteiger partial charge in [0.1, 0.15) is 0 Å². The van der Waals surface area contributed by atoms with Crippen LogP contribution in [0.5, 0.6) is 0 Å². The molecule has 1 N–H and O–H groups in total. The molecule has 0 fully saturated rings. The summed E-state index contributed by atoms with van der Waals surface area (Å²) in [5, 5.41) is 3.30. The van der Waals surface area contributed by atoms with Crippen LogP contribution in [0, 0.1) is 0 Å². The molecule has 0 bridgehead atoms. The van der Waals surface area contributed by atoms with E-state index < -0.39 is 0 Å². The van der Waals surface area contributed by atoms with Crippen molar-refractivity contribution in [2.24, 2.45) is 0 Å². The molecule has 0 saturated carbocycles. The van der Waals surface area contributed by atoms with E-state index in [1.165, 1.54) is 5.56 Å². The third-order valence-corrected chi connectivity index (χ3v) is 2.93. The molecule has 1 amide bonds. The van der Waals surface area contributed by atoms with Gasteiger partial charge in [0.05, 0.1) is 0 Å². The Labute approximate surface area is 116 Å². The first kappa shape index (κ1) is 15.6. The molecule has 4 nitrogen and oxygen atoms in total. The van der Waals surface area contributed by atoms with Gasteiger partial charge in [-0.1, -0.05) is 13.8 Å². The number of aromatic nitrogens is 1. The molecule has 1 heterocycles. The first-order chi connectivity index (χ1) is 9.27. The van der Waals surface area contributed by atoms with Gasteiger partial charge in [0, 0.05) is 45.0 Å². The molecule has 1 rings (SSSR count). The van der Waals surface area contributed by atoms with E-state index in [0.29, 0.717) is 6.42 Å². The highest BCUT2D eigenvalue weighted by atomic mass is 16.2. The Morgan fingerprint density at radius 3 is 2.42 bits per heavy atom. The molecule has 0 spiro atoms. The van der Waals surface area contributed by atoms with E-state index in [9.17, 15) is 4.79 Å². The predicted octanol–water partition coefficient (Wildman–Crippen LogP) is 2.21. The minimum absolute atomic E-state index is 0.255. The highest BCUT2D eigenvalue weighted by Crippen LogP contribution is 1.99. The van der Waals surface area contributed by atoms with Crippen LogP contribution in [0.4, 0.5) is 0 Å². The van der Waals surface area contributed by atoms with Gasteiger partial charge < -0.3 is 10.2 Å². The van der Waals surface area contributed by atoms with Gasteiger partial charge >= 0.3 is 0 Å².